The van der Waals surface area contributed by atoms with Gasteiger partial charge in [-0.05, 0) is 38.5 Å². The third kappa shape index (κ3) is 6.45. The van der Waals surface area contributed by atoms with Crippen LogP contribution >= 0.6 is 12.4 Å². The van der Waals surface area contributed by atoms with E-state index in [9.17, 15) is 4.79 Å². The van der Waals surface area contributed by atoms with E-state index in [2.05, 4.69) is 0 Å². The largest absolute Gasteiger partial charge is 0.491 e. The SMILES string of the molecule is CCOC(=O)C[C@H](N)c1ccc(OC(C)C)cc1.Cl. The van der Waals surface area contributed by atoms with Gasteiger partial charge < -0.3 is 15.2 Å². The number of rotatable bonds is 6. The fourth-order valence-electron chi connectivity index (χ4n) is 1.58. The Kier molecular flexibility index (Phi) is 8.19. The number of hydrogen-bond acceptors (Lipinski definition) is 4. The summed E-state index contributed by atoms with van der Waals surface area (Å²) in [6.45, 7) is 6.11. The summed E-state index contributed by atoms with van der Waals surface area (Å²) in [5, 5.41) is 0. The van der Waals surface area contributed by atoms with Gasteiger partial charge in [-0.15, -0.1) is 12.4 Å². The van der Waals surface area contributed by atoms with Crippen LogP contribution < -0.4 is 10.5 Å². The molecule has 108 valence electrons. The molecule has 5 heteroatoms. The highest BCUT2D eigenvalue weighted by Crippen LogP contribution is 2.19. The average Bonchev–Trinajstić information content (AvgIpc) is 2.29. The third-order valence-electron chi connectivity index (χ3n) is 2.37. The molecule has 4 nitrogen and oxygen atoms in total. The Labute approximate surface area is 120 Å². The van der Waals surface area contributed by atoms with Crippen LogP contribution in [0, 0.1) is 0 Å². The van der Waals surface area contributed by atoms with Crippen molar-refractivity contribution in [2.24, 2.45) is 5.73 Å². The Morgan fingerprint density at radius 1 is 1.26 bits per heavy atom. The zero-order valence-electron chi connectivity index (χ0n) is 11.6. The third-order valence-corrected chi connectivity index (χ3v) is 2.37. The summed E-state index contributed by atoms with van der Waals surface area (Å²) < 4.78 is 10.4. The minimum absolute atomic E-state index is 0. The molecule has 0 heterocycles. The first-order valence-corrected chi connectivity index (χ1v) is 6.20. The Morgan fingerprint density at radius 2 is 1.84 bits per heavy atom. The van der Waals surface area contributed by atoms with Crippen molar-refractivity contribution < 1.29 is 14.3 Å². The van der Waals surface area contributed by atoms with Crippen molar-refractivity contribution in [2.75, 3.05) is 6.61 Å². The fraction of sp³-hybridized carbons (Fsp3) is 0.500. The molecule has 2 N–H and O–H groups in total. The summed E-state index contributed by atoms with van der Waals surface area (Å²) in [4.78, 5) is 11.3. The zero-order valence-corrected chi connectivity index (χ0v) is 12.4. The molecule has 0 saturated heterocycles. The van der Waals surface area contributed by atoms with Gasteiger partial charge in [0.15, 0.2) is 0 Å². The van der Waals surface area contributed by atoms with Gasteiger partial charge in [0, 0.05) is 6.04 Å². The maximum Gasteiger partial charge on any atom is 0.307 e. The van der Waals surface area contributed by atoms with Crippen molar-refractivity contribution >= 4 is 18.4 Å². The lowest BCUT2D eigenvalue weighted by Gasteiger charge is -2.13. The normalized spacial score (nSPS) is 11.6. The van der Waals surface area contributed by atoms with Gasteiger partial charge in [-0.25, -0.2) is 0 Å². The minimum atomic E-state index is -0.336. The van der Waals surface area contributed by atoms with E-state index < -0.39 is 0 Å². The van der Waals surface area contributed by atoms with Crippen molar-refractivity contribution in [3.63, 3.8) is 0 Å². The van der Waals surface area contributed by atoms with Crippen LogP contribution in [-0.4, -0.2) is 18.7 Å². The first-order chi connectivity index (χ1) is 8.52. The van der Waals surface area contributed by atoms with Crippen LogP contribution in [0.25, 0.3) is 0 Å². The van der Waals surface area contributed by atoms with Crippen LogP contribution in [0.15, 0.2) is 24.3 Å². The van der Waals surface area contributed by atoms with Crippen molar-refractivity contribution in [1.82, 2.24) is 0 Å². The summed E-state index contributed by atoms with van der Waals surface area (Å²) in [6, 6.07) is 7.14. The predicted octanol–water partition coefficient (Wildman–Crippen LogP) is 2.85. The molecule has 0 aliphatic carbocycles. The topological polar surface area (TPSA) is 61.5 Å². The van der Waals surface area contributed by atoms with Gasteiger partial charge in [0.1, 0.15) is 5.75 Å². The van der Waals surface area contributed by atoms with Gasteiger partial charge in [-0.1, -0.05) is 12.1 Å². The van der Waals surface area contributed by atoms with E-state index in [0.29, 0.717) is 6.61 Å². The summed E-state index contributed by atoms with van der Waals surface area (Å²) in [5.41, 5.74) is 6.84. The lowest BCUT2D eigenvalue weighted by atomic mass is 10.0. The van der Waals surface area contributed by atoms with Gasteiger partial charge >= 0.3 is 5.97 Å². The van der Waals surface area contributed by atoms with E-state index >= 15 is 0 Å². The molecule has 19 heavy (non-hydrogen) atoms. The number of carbonyl (C=O) groups is 1. The molecule has 0 spiro atoms. The second kappa shape index (κ2) is 8.77. The number of carbonyl (C=O) groups excluding carboxylic acids is 1. The number of hydrogen-bond donors (Lipinski definition) is 1. The highest BCUT2D eigenvalue weighted by Gasteiger charge is 2.12. The number of halogens is 1. The average molecular weight is 288 g/mol. The minimum Gasteiger partial charge on any atom is -0.491 e. The molecule has 0 aromatic heterocycles. The van der Waals surface area contributed by atoms with E-state index in [1.807, 2.05) is 38.1 Å². The van der Waals surface area contributed by atoms with Crippen LogP contribution in [0.3, 0.4) is 0 Å². The van der Waals surface area contributed by atoms with Crippen molar-refractivity contribution in [3.8, 4) is 5.75 Å². The van der Waals surface area contributed by atoms with Gasteiger partial charge in [-0.3, -0.25) is 4.79 Å². The lowest BCUT2D eigenvalue weighted by Crippen LogP contribution is -2.17. The molecule has 0 saturated carbocycles. The Balaban J connectivity index is 0.00000324. The van der Waals surface area contributed by atoms with E-state index in [1.165, 1.54) is 0 Å². The van der Waals surface area contributed by atoms with Crippen molar-refractivity contribution in [1.29, 1.82) is 0 Å². The Morgan fingerprint density at radius 3 is 2.32 bits per heavy atom. The molecular weight excluding hydrogens is 266 g/mol. The van der Waals surface area contributed by atoms with Gasteiger partial charge in [0.05, 0.1) is 19.1 Å². The van der Waals surface area contributed by atoms with Gasteiger partial charge in [0.2, 0.25) is 0 Å². The van der Waals surface area contributed by atoms with Crippen LogP contribution in [0.2, 0.25) is 0 Å². The van der Waals surface area contributed by atoms with Gasteiger partial charge in [0.25, 0.3) is 0 Å². The molecule has 0 aliphatic rings. The molecule has 1 aromatic rings. The van der Waals surface area contributed by atoms with E-state index in [4.69, 9.17) is 15.2 Å². The number of ether oxygens (including phenoxy) is 2. The smallest absolute Gasteiger partial charge is 0.307 e. The maximum absolute atomic E-state index is 11.3. The standard InChI is InChI=1S/C14H21NO3.ClH/c1-4-17-14(16)9-13(15)11-5-7-12(8-6-11)18-10(2)3;/h5-8,10,13H,4,9,15H2,1-3H3;1H/t13-;/m0./s1. The summed E-state index contributed by atoms with van der Waals surface area (Å²) >= 11 is 0. The molecule has 0 aliphatic heterocycles. The molecule has 0 radical (unpaired) electrons. The number of benzene rings is 1. The Hall–Kier alpha value is -1.26. The zero-order chi connectivity index (χ0) is 13.5. The Bertz CT molecular complexity index is 379. The summed E-state index contributed by atoms with van der Waals surface area (Å²) in [7, 11) is 0. The first-order valence-electron chi connectivity index (χ1n) is 6.20. The van der Waals surface area contributed by atoms with Crippen LogP contribution in [0.4, 0.5) is 0 Å². The summed E-state index contributed by atoms with van der Waals surface area (Å²) in [5.74, 6) is 0.532. The predicted molar refractivity (Wildman–Crippen MR) is 77.6 cm³/mol. The second-order valence-corrected chi connectivity index (χ2v) is 4.35. The highest BCUT2D eigenvalue weighted by atomic mass is 35.5. The molecule has 0 fully saturated rings. The molecule has 1 aromatic carbocycles. The molecule has 1 atom stereocenters. The van der Waals surface area contributed by atoms with Gasteiger partial charge in [-0.2, -0.15) is 0 Å². The quantitative estimate of drug-likeness (QED) is 0.817. The second-order valence-electron chi connectivity index (χ2n) is 4.35. The van der Waals surface area contributed by atoms with E-state index in [-0.39, 0.29) is 36.9 Å². The number of nitrogens with two attached hydrogens (primary N) is 1. The molecule has 0 amide bonds. The fourth-order valence-corrected chi connectivity index (χ4v) is 1.58. The highest BCUT2D eigenvalue weighted by molar-refractivity contribution is 5.85. The monoisotopic (exact) mass is 287 g/mol. The molecule has 1 rings (SSSR count). The van der Waals surface area contributed by atoms with Crippen molar-refractivity contribution in [2.45, 2.75) is 39.3 Å². The first kappa shape index (κ1) is 17.7. The molecule has 0 bridgehead atoms. The van der Waals surface area contributed by atoms with Crippen LogP contribution in [0.1, 0.15) is 38.8 Å². The van der Waals surface area contributed by atoms with Crippen molar-refractivity contribution in [3.05, 3.63) is 29.8 Å². The van der Waals surface area contributed by atoms with E-state index in [1.54, 1.807) is 6.92 Å². The molecular formula is C14H22ClNO3. The summed E-state index contributed by atoms with van der Waals surface area (Å²) in [6.07, 6.45) is 0.335. The lowest BCUT2D eigenvalue weighted by molar-refractivity contribution is -0.143. The van der Waals surface area contributed by atoms with Crippen LogP contribution in [0.5, 0.6) is 5.75 Å². The molecule has 0 unspecified atom stereocenters. The van der Waals surface area contributed by atoms with E-state index in [0.717, 1.165) is 11.3 Å². The number of esters is 1. The van der Waals surface area contributed by atoms with Crippen LogP contribution in [-0.2, 0) is 9.53 Å². The maximum atomic E-state index is 11.3.